The fraction of sp³-hybridized carbons (Fsp3) is 0.350. The first-order valence-electron chi connectivity index (χ1n) is 9.82. The highest BCUT2D eigenvalue weighted by Crippen LogP contribution is 2.34. The highest BCUT2D eigenvalue weighted by atomic mass is 32.1. The number of aryl methyl sites for hydroxylation is 1. The number of hydrogen-bond donors (Lipinski definition) is 3. The van der Waals surface area contributed by atoms with Crippen molar-refractivity contribution in [1.82, 2.24) is 14.8 Å². The van der Waals surface area contributed by atoms with Crippen LogP contribution in [0.15, 0.2) is 24.4 Å². The third-order valence-corrected chi connectivity index (χ3v) is 6.05. The molecule has 4 rings (SSSR count). The summed E-state index contributed by atoms with van der Waals surface area (Å²) in [6.07, 6.45) is 3.59. The molecule has 8 nitrogen and oxygen atoms in total. The molecule has 4 N–H and O–H groups in total. The predicted molar refractivity (Wildman–Crippen MR) is 115 cm³/mol. The summed E-state index contributed by atoms with van der Waals surface area (Å²) in [6.45, 7) is 1.15. The maximum absolute atomic E-state index is 14.1. The van der Waals surface area contributed by atoms with E-state index in [-0.39, 0.29) is 21.3 Å². The normalized spacial score (nSPS) is 16.9. The molecule has 1 aliphatic heterocycles. The van der Waals surface area contributed by atoms with Crippen LogP contribution in [0.3, 0.4) is 0 Å². The van der Waals surface area contributed by atoms with Crippen LogP contribution in [0.5, 0.6) is 0 Å². The number of halogens is 2. The monoisotopic (exact) mass is 448 g/mol. The fourth-order valence-corrected chi connectivity index (χ4v) is 4.57. The van der Waals surface area contributed by atoms with Crippen LogP contribution in [0.4, 0.5) is 25.3 Å². The smallest absolute Gasteiger partial charge is 0.277 e. The molecular weight excluding hydrogens is 426 g/mol. The number of thiazole rings is 1. The van der Waals surface area contributed by atoms with E-state index >= 15 is 0 Å². The molecule has 0 unspecified atom stereocenters. The van der Waals surface area contributed by atoms with Crippen molar-refractivity contribution in [3.8, 4) is 10.6 Å². The van der Waals surface area contributed by atoms with Gasteiger partial charge < -0.3 is 21.1 Å². The number of aliphatic hydroxyl groups is 1. The van der Waals surface area contributed by atoms with Crippen LogP contribution in [-0.2, 0) is 7.05 Å². The lowest BCUT2D eigenvalue weighted by atomic mass is 10.2. The Balaban J connectivity index is 1.61. The molecule has 0 aliphatic carbocycles. The zero-order chi connectivity index (χ0) is 22.1. The summed E-state index contributed by atoms with van der Waals surface area (Å²) in [5, 5.41) is 17.1. The number of anilines is 3. The lowest BCUT2D eigenvalue weighted by Gasteiger charge is -2.25. The second kappa shape index (κ2) is 8.60. The van der Waals surface area contributed by atoms with E-state index < -0.39 is 23.6 Å². The molecule has 1 amide bonds. The second-order valence-corrected chi connectivity index (χ2v) is 8.41. The molecule has 164 valence electrons. The predicted octanol–water partition coefficient (Wildman–Crippen LogP) is 3.01. The Hall–Kier alpha value is -3.05. The number of carbonyl (C=O) groups is 1. The van der Waals surface area contributed by atoms with Crippen LogP contribution < -0.4 is 16.0 Å². The molecule has 0 bridgehead atoms. The van der Waals surface area contributed by atoms with Crippen molar-refractivity contribution in [2.24, 2.45) is 7.05 Å². The number of aromatic nitrogens is 3. The Labute approximate surface area is 181 Å². The second-order valence-electron chi connectivity index (χ2n) is 7.38. The van der Waals surface area contributed by atoms with Crippen LogP contribution >= 0.6 is 11.3 Å². The summed E-state index contributed by atoms with van der Waals surface area (Å²) < 4.78 is 29.8. The minimum absolute atomic E-state index is 0.0136. The largest absolute Gasteiger partial charge is 0.391 e. The number of nitrogen functional groups attached to an aromatic ring is 1. The van der Waals surface area contributed by atoms with Gasteiger partial charge in [0.05, 0.1) is 17.9 Å². The third-order valence-electron chi connectivity index (χ3n) is 5.15. The van der Waals surface area contributed by atoms with E-state index in [9.17, 15) is 18.7 Å². The third kappa shape index (κ3) is 4.23. The molecule has 3 heterocycles. The van der Waals surface area contributed by atoms with Crippen LogP contribution in [0.2, 0.25) is 0 Å². The Kier molecular flexibility index (Phi) is 5.88. The summed E-state index contributed by atoms with van der Waals surface area (Å²) in [7, 11) is 1.75. The average Bonchev–Trinajstić information content (AvgIpc) is 3.18. The van der Waals surface area contributed by atoms with Crippen molar-refractivity contribution >= 4 is 33.8 Å². The molecular formula is C20H22F2N6O2S. The molecule has 1 saturated heterocycles. The van der Waals surface area contributed by atoms with Crippen LogP contribution in [-0.4, -0.2) is 45.0 Å². The molecule has 0 saturated carbocycles. The zero-order valence-electron chi connectivity index (χ0n) is 16.8. The van der Waals surface area contributed by atoms with E-state index in [1.165, 1.54) is 12.3 Å². The van der Waals surface area contributed by atoms with Gasteiger partial charge in [-0.3, -0.25) is 9.48 Å². The Bertz CT molecular complexity index is 1100. The van der Waals surface area contributed by atoms with E-state index in [1.807, 2.05) is 4.90 Å². The van der Waals surface area contributed by atoms with Crippen LogP contribution in [0.25, 0.3) is 10.6 Å². The summed E-state index contributed by atoms with van der Waals surface area (Å²) in [6, 6.07) is 3.49. The SMILES string of the molecule is Cn1ncc(NC(=O)c2nc(-c3c(F)cccc3F)sc2N)c1N1CCCC[C@@H](O)C1. The lowest BCUT2D eigenvalue weighted by molar-refractivity contribution is 0.102. The summed E-state index contributed by atoms with van der Waals surface area (Å²) in [5.74, 6) is -1.52. The number of nitrogens with two attached hydrogens (primary N) is 1. The van der Waals surface area contributed by atoms with Gasteiger partial charge in [-0.15, -0.1) is 0 Å². The molecule has 1 aromatic carbocycles. The summed E-state index contributed by atoms with van der Waals surface area (Å²) >= 11 is 0.837. The van der Waals surface area contributed by atoms with Crippen LogP contribution in [0, 0.1) is 11.6 Å². The molecule has 0 radical (unpaired) electrons. The first-order valence-corrected chi connectivity index (χ1v) is 10.6. The van der Waals surface area contributed by atoms with E-state index in [0.29, 0.717) is 18.1 Å². The number of hydrogen-bond acceptors (Lipinski definition) is 7. The molecule has 11 heteroatoms. The Morgan fingerprint density at radius 2 is 2.06 bits per heavy atom. The van der Waals surface area contributed by atoms with Gasteiger partial charge in [-0.25, -0.2) is 13.8 Å². The fourth-order valence-electron chi connectivity index (χ4n) is 3.69. The number of aliphatic hydroxyl groups excluding tert-OH is 1. The quantitative estimate of drug-likeness (QED) is 0.566. The topological polar surface area (TPSA) is 109 Å². The van der Waals surface area contributed by atoms with Crippen molar-refractivity contribution in [2.75, 3.05) is 29.0 Å². The average molecular weight is 448 g/mol. The van der Waals surface area contributed by atoms with Gasteiger partial charge >= 0.3 is 0 Å². The van der Waals surface area contributed by atoms with Gasteiger partial charge in [-0.05, 0) is 31.4 Å². The van der Waals surface area contributed by atoms with Crippen LogP contribution in [0.1, 0.15) is 29.8 Å². The van der Waals surface area contributed by atoms with Crippen molar-refractivity contribution in [1.29, 1.82) is 0 Å². The van der Waals surface area contributed by atoms with E-state index in [2.05, 4.69) is 15.4 Å². The Morgan fingerprint density at radius 3 is 2.81 bits per heavy atom. The van der Waals surface area contributed by atoms with Gasteiger partial charge in [0.1, 0.15) is 27.3 Å². The number of β-amino-alcohol motifs (C(OH)–C–C–N with tert-alkyl or cyclic N) is 1. The highest BCUT2D eigenvalue weighted by molar-refractivity contribution is 7.19. The number of benzene rings is 1. The molecule has 2 aromatic heterocycles. The minimum atomic E-state index is -0.782. The standard InChI is InChI=1S/C20H22F2N6O2S/c1-27-20(28-8-3-2-5-11(29)10-28)14(9-24-27)25-18(30)16-17(23)31-19(26-16)15-12(21)6-4-7-13(15)22/h4,6-7,9,11,29H,2-3,5,8,10,23H2,1H3,(H,25,30)/t11-/m1/s1. The number of amides is 1. The molecule has 1 atom stereocenters. The van der Waals surface area contributed by atoms with E-state index in [4.69, 9.17) is 5.73 Å². The van der Waals surface area contributed by atoms with Crippen molar-refractivity contribution in [3.05, 3.63) is 41.7 Å². The summed E-state index contributed by atoms with van der Waals surface area (Å²) in [4.78, 5) is 19.0. The van der Waals surface area contributed by atoms with Crippen molar-refractivity contribution in [2.45, 2.75) is 25.4 Å². The molecule has 3 aromatic rings. The maximum Gasteiger partial charge on any atom is 0.277 e. The Morgan fingerprint density at radius 1 is 1.32 bits per heavy atom. The number of rotatable bonds is 4. The van der Waals surface area contributed by atoms with Crippen molar-refractivity contribution < 1.29 is 18.7 Å². The maximum atomic E-state index is 14.1. The number of nitrogens with one attached hydrogen (secondary N) is 1. The van der Waals surface area contributed by atoms with E-state index in [1.54, 1.807) is 11.7 Å². The number of carbonyl (C=O) groups excluding carboxylic acids is 1. The minimum Gasteiger partial charge on any atom is -0.391 e. The lowest BCUT2D eigenvalue weighted by Crippen LogP contribution is -2.33. The molecule has 31 heavy (non-hydrogen) atoms. The van der Waals surface area contributed by atoms with Gasteiger partial charge in [0.15, 0.2) is 11.5 Å². The number of nitrogens with zero attached hydrogens (tertiary/aromatic N) is 4. The van der Waals surface area contributed by atoms with Gasteiger partial charge in [-0.2, -0.15) is 5.10 Å². The first kappa shape index (κ1) is 21.2. The van der Waals surface area contributed by atoms with Gasteiger partial charge in [0.2, 0.25) is 0 Å². The van der Waals surface area contributed by atoms with Gasteiger partial charge in [-0.1, -0.05) is 17.4 Å². The summed E-state index contributed by atoms with van der Waals surface area (Å²) in [5.41, 5.74) is 5.94. The first-order chi connectivity index (χ1) is 14.8. The van der Waals surface area contributed by atoms with Gasteiger partial charge in [0, 0.05) is 20.1 Å². The van der Waals surface area contributed by atoms with Gasteiger partial charge in [0.25, 0.3) is 5.91 Å². The zero-order valence-corrected chi connectivity index (χ0v) is 17.6. The highest BCUT2D eigenvalue weighted by Gasteiger charge is 2.25. The molecule has 0 spiro atoms. The molecule has 1 aliphatic rings. The van der Waals surface area contributed by atoms with Crippen molar-refractivity contribution in [3.63, 3.8) is 0 Å². The van der Waals surface area contributed by atoms with E-state index in [0.717, 1.165) is 49.3 Å². The molecule has 1 fully saturated rings.